The maximum absolute atomic E-state index is 12.3. The molecule has 0 radical (unpaired) electrons. The maximum atomic E-state index is 12.3. The van der Waals surface area contributed by atoms with Crippen molar-refractivity contribution in [3.63, 3.8) is 0 Å². The van der Waals surface area contributed by atoms with E-state index in [1.807, 2.05) is 28.5 Å². The van der Waals surface area contributed by atoms with Gasteiger partial charge in [-0.2, -0.15) is 0 Å². The van der Waals surface area contributed by atoms with Crippen molar-refractivity contribution in [2.75, 3.05) is 11.9 Å². The number of nitrogens with one attached hydrogen (secondary N) is 1. The SMILES string of the molecule is O=C(Nc1nccs1)N1CCCC1Cc1ccccc1. The van der Waals surface area contributed by atoms with Gasteiger partial charge in [0.25, 0.3) is 0 Å². The zero-order chi connectivity index (χ0) is 13.8. The van der Waals surface area contributed by atoms with Crippen LogP contribution in [0, 0.1) is 0 Å². The van der Waals surface area contributed by atoms with Crippen LogP contribution in [0.25, 0.3) is 0 Å². The van der Waals surface area contributed by atoms with Crippen LogP contribution in [0.4, 0.5) is 9.93 Å². The Morgan fingerprint density at radius 3 is 3.00 bits per heavy atom. The first-order chi connectivity index (χ1) is 9.83. The summed E-state index contributed by atoms with van der Waals surface area (Å²) in [6.07, 6.45) is 4.76. The fourth-order valence-electron chi connectivity index (χ4n) is 2.65. The molecule has 1 saturated heterocycles. The third-order valence-corrected chi connectivity index (χ3v) is 4.29. The molecule has 1 aliphatic heterocycles. The first-order valence-corrected chi connectivity index (χ1v) is 7.72. The van der Waals surface area contributed by atoms with Crippen LogP contribution in [-0.4, -0.2) is 28.5 Å². The molecule has 2 aromatic rings. The summed E-state index contributed by atoms with van der Waals surface area (Å²) in [7, 11) is 0. The molecule has 1 N–H and O–H groups in total. The maximum Gasteiger partial charge on any atom is 0.323 e. The highest BCUT2D eigenvalue weighted by molar-refractivity contribution is 7.13. The lowest BCUT2D eigenvalue weighted by molar-refractivity contribution is 0.206. The molecule has 0 spiro atoms. The van der Waals surface area contributed by atoms with E-state index in [0.29, 0.717) is 5.13 Å². The number of anilines is 1. The monoisotopic (exact) mass is 287 g/mol. The van der Waals surface area contributed by atoms with E-state index in [1.165, 1.54) is 16.9 Å². The van der Waals surface area contributed by atoms with Gasteiger partial charge in [0.2, 0.25) is 0 Å². The van der Waals surface area contributed by atoms with Crippen LogP contribution in [0.1, 0.15) is 18.4 Å². The number of nitrogens with zero attached hydrogens (tertiary/aromatic N) is 2. The number of urea groups is 1. The highest BCUT2D eigenvalue weighted by Crippen LogP contribution is 2.22. The number of aromatic nitrogens is 1. The minimum Gasteiger partial charge on any atom is -0.321 e. The van der Waals surface area contributed by atoms with Gasteiger partial charge in [-0.1, -0.05) is 30.3 Å². The Hall–Kier alpha value is -1.88. The molecule has 1 unspecified atom stereocenters. The van der Waals surface area contributed by atoms with E-state index >= 15 is 0 Å². The molecule has 3 rings (SSSR count). The van der Waals surface area contributed by atoms with Gasteiger partial charge in [-0.3, -0.25) is 5.32 Å². The zero-order valence-corrected chi connectivity index (χ0v) is 12.0. The summed E-state index contributed by atoms with van der Waals surface area (Å²) in [4.78, 5) is 18.3. The number of amides is 2. The number of hydrogen-bond acceptors (Lipinski definition) is 3. The van der Waals surface area contributed by atoms with Crippen molar-refractivity contribution in [3.05, 3.63) is 47.5 Å². The van der Waals surface area contributed by atoms with Crippen molar-refractivity contribution in [1.82, 2.24) is 9.88 Å². The molecule has 1 fully saturated rings. The van der Waals surface area contributed by atoms with Crippen LogP contribution in [0.5, 0.6) is 0 Å². The third-order valence-electron chi connectivity index (χ3n) is 3.60. The molecular weight excluding hydrogens is 270 g/mol. The molecule has 1 aliphatic rings. The molecule has 0 saturated carbocycles. The zero-order valence-electron chi connectivity index (χ0n) is 11.2. The van der Waals surface area contributed by atoms with Crippen molar-refractivity contribution in [2.24, 2.45) is 0 Å². The van der Waals surface area contributed by atoms with Gasteiger partial charge < -0.3 is 4.90 Å². The number of thiazole rings is 1. The van der Waals surface area contributed by atoms with Gasteiger partial charge in [0.1, 0.15) is 0 Å². The highest BCUT2D eigenvalue weighted by Gasteiger charge is 2.29. The molecule has 0 aliphatic carbocycles. The standard InChI is InChI=1S/C15H17N3OS/c19-15(17-14-16-8-10-20-14)18-9-4-7-13(18)11-12-5-2-1-3-6-12/h1-3,5-6,8,10,13H,4,7,9,11H2,(H,16,17,19). The van der Waals surface area contributed by atoms with Gasteiger partial charge in [0, 0.05) is 24.2 Å². The van der Waals surface area contributed by atoms with Crippen molar-refractivity contribution in [3.8, 4) is 0 Å². The summed E-state index contributed by atoms with van der Waals surface area (Å²) in [5, 5.41) is 5.40. The molecule has 0 bridgehead atoms. The van der Waals surface area contributed by atoms with Gasteiger partial charge >= 0.3 is 6.03 Å². The molecule has 2 amide bonds. The van der Waals surface area contributed by atoms with Gasteiger partial charge in [0.05, 0.1) is 0 Å². The van der Waals surface area contributed by atoms with E-state index in [4.69, 9.17) is 0 Å². The Labute approximate surface area is 122 Å². The summed E-state index contributed by atoms with van der Waals surface area (Å²) < 4.78 is 0. The number of benzene rings is 1. The Kier molecular flexibility index (Phi) is 3.97. The topological polar surface area (TPSA) is 45.2 Å². The lowest BCUT2D eigenvalue weighted by atomic mass is 10.0. The number of hydrogen-bond donors (Lipinski definition) is 1. The van der Waals surface area contributed by atoms with E-state index in [0.717, 1.165) is 25.8 Å². The Bertz CT molecular complexity index is 556. The average Bonchev–Trinajstić information content (AvgIpc) is 3.11. The largest absolute Gasteiger partial charge is 0.323 e. The Balaban J connectivity index is 1.64. The summed E-state index contributed by atoms with van der Waals surface area (Å²) >= 11 is 1.45. The van der Waals surface area contributed by atoms with Crippen molar-refractivity contribution >= 4 is 22.5 Å². The highest BCUT2D eigenvalue weighted by atomic mass is 32.1. The predicted octanol–water partition coefficient (Wildman–Crippen LogP) is 3.38. The molecule has 5 heteroatoms. The number of likely N-dealkylation sites (tertiary alicyclic amines) is 1. The van der Waals surface area contributed by atoms with Gasteiger partial charge in [-0.25, -0.2) is 9.78 Å². The Morgan fingerprint density at radius 2 is 2.25 bits per heavy atom. The van der Waals surface area contributed by atoms with E-state index in [2.05, 4.69) is 22.4 Å². The molecule has 1 aromatic carbocycles. The lowest BCUT2D eigenvalue weighted by Gasteiger charge is -2.24. The van der Waals surface area contributed by atoms with E-state index in [-0.39, 0.29) is 12.1 Å². The van der Waals surface area contributed by atoms with Crippen molar-refractivity contribution in [2.45, 2.75) is 25.3 Å². The molecular formula is C15H17N3OS. The third kappa shape index (κ3) is 2.99. The van der Waals surface area contributed by atoms with E-state index in [1.54, 1.807) is 6.20 Å². The molecule has 20 heavy (non-hydrogen) atoms. The van der Waals surface area contributed by atoms with Crippen LogP contribution in [0.2, 0.25) is 0 Å². The number of carbonyl (C=O) groups excluding carboxylic acids is 1. The molecule has 2 heterocycles. The van der Waals surface area contributed by atoms with Crippen LogP contribution in [0.15, 0.2) is 41.9 Å². The summed E-state index contributed by atoms with van der Waals surface area (Å²) in [5.41, 5.74) is 1.28. The first kappa shape index (κ1) is 13.1. The van der Waals surface area contributed by atoms with Gasteiger partial charge in [-0.15, -0.1) is 11.3 Å². The van der Waals surface area contributed by atoms with E-state index in [9.17, 15) is 4.79 Å². The fraction of sp³-hybridized carbons (Fsp3) is 0.333. The number of rotatable bonds is 3. The Morgan fingerprint density at radius 1 is 1.40 bits per heavy atom. The summed E-state index contributed by atoms with van der Waals surface area (Å²) in [5.74, 6) is 0. The summed E-state index contributed by atoms with van der Waals surface area (Å²) in [6.45, 7) is 0.828. The second kappa shape index (κ2) is 6.05. The predicted molar refractivity (Wildman–Crippen MR) is 81.0 cm³/mol. The average molecular weight is 287 g/mol. The molecule has 104 valence electrons. The van der Waals surface area contributed by atoms with Crippen LogP contribution in [-0.2, 0) is 6.42 Å². The van der Waals surface area contributed by atoms with Gasteiger partial charge in [-0.05, 0) is 24.8 Å². The molecule has 4 nitrogen and oxygen atoms in total. The van der Waals surface area contributed by atoms with Crippen LogP contribution < -0.4 is 5.32 Å². The lowest BCUT2D eigenvalue weighted by Crippen LogP contribution is -2.39. The minimum absolute atomic E-state index is 0.0293. The van der Waals surface area contributed by atoms with Crippen molar-refractivity contribution < 1.29 is 4.79 Å². The minimum atomic E-state index is -0.0293. The van der Waals surface area contributed by atoms with Crippen molar-refractivity contribution in [1.29, 1.82) is 0 Å². The first-order valence-electron chi connectivity index (χ1n) is 6.84. The normalized spacial score (nSPS) is 18.2. The quantitative estimate of drug-likeness (QED) is 0.940. The summed E-state index contributed by atoms with van der Waals surface area (Å²) in [6, 6.07) is 10.6. The van der Waals surface area contributed by atoms with Crippen LogP contribution >= 0.6 is 11.3 Å². The second-order valence-electron chi connectivity index (χ2n) is 4.95. The molecule has 1 aromatic heterocycles. The van der Waals surface area contributed by atoms with Gasteiger partial charge in [0.15, 0.2) is 5.13 Å². The molecule has 1 atom stereocenters. The van der Waals surface area contributed by atoms with Crippen LogP contribution in [0.3, 0.4) is 0 Å². The van der Waals surface area contributed by atoms with E-state index < -0.39 is 0 Å². The smallest absolute Gasteiger partial charge is 0.321 e. The second-order valence-corrected chi connectivity index (χ2v) is 5.84. The number of carbonyl (C=O) groups is 1. The fourth-order valence-corrected chi connectivity index (χ4v) is 3.17.